The second-order valence-corrected chi connectivity index (χ2v) is 6.61. The van der Waals surface area contributed by atoms with Crippen LogP contribution in [0.3, 0.4) is 0 Å². The lowest BCUT2D eigenvalue weighted by molar-refractivity contribution is 0.432. The third kappa shape index (κ3) is 2.48. The van der Waals surface area contributed by atoms with Crippen LogP contribution in [0, 0.1) is 3.57 Å². The number of aromatic nitrogens is 2. The van der Waals surface area contributed by atoms with Gasteiger partial charge in [-0.3, -0.25) is 14.9 Å². The van der Waals surface area contributed by atoms with Gasteiger partial charge in [-0.1, -0.05) is 18.2 Å². The first-order valence-electron chi connectivity index (χ1n) is 7.28. The van der Waals surface area contributed by atoms with Crippen LogP contribution < -0.4 is 5.56 Å². The van der Waals surface area contributed by atoms with E-state index in [9.17, 15) is 9.90 Å². The van der Waals surface area contributed by atoms with Crippen molar-refractivity contribution in [1.29, 1.82) is 0 Å². The number of aromatic hydroxyl groups is 1. The summed E-state index contributed by atoms with van der Waals surface area (Å²) in [6, 6.07) is 15.2. The molecule has 118 valence electrons. The Morgan fingerprint density at radius 1 is 1.12 bits per heavy atom. The van der Waals surface area contributed by atoms with E-state index in [4.69, 9.17) is 0 Å². The van der Waals surface area contributed by atoms with Gasteiger partial charge < -0.3 is 5.11 Å². The minimum Gasteiger partial charge on any atom is -0.493 e. The number of aliphatic imine (C=N–C) groups is 1. The minimum atomic E-state index is -0.351. The summed E-state index contributed by atoms with van der Waals surface area (Å²) in [6.45, 7) is 0. The van der Waals surface area contributed by atoms with Gasteiger partial charge in [0, 0.05) is 20.9 Å². The summed E-state index contributed by atoms with van der Waals surface area (Å²) in [6.07, 6.45) is 3.36. The van der Waals surface area contributed by atoms with Crippen LogP contribution in [-0.2, 0) is 0 Å². The molecule has 1 aliphatic rings. The van der Waals surface area contributed by atoms with Crippen LogP contribution in [0.2, 0.25) is 0 Å². The van der Waals surface area contributed by atoms with Crippen molar-refractivity contribution in [1.82, 2.24) is 9.78 Å². The van der Waals surface area contributed by atoms with Gasteiger partial charge in [0.05, 0.1) is 11.4 Å². The molecule has 0 saturated carbocycles. The predicted molar refractivity (Wildman–Crippen MR) is 103 cm³/mol. The Balaban J connectivity index is 1.81. The normalized spacial score (nSPS) is 14.3. The number of nitrogens with zero attached hydrogens (tertiary/aromatic N) is 2. The largest absolute Gasteiger partial charge is 0.493 e. The van der Waals surface area contributed by atoms with Crippen molar-refractivity contribution in [2.24, 2.45) is 4.99 Å². The van der Waals surface area contributed by atoms with E-state index in [0.29, 0.717) is 5.69 Å². The smallest absolute Gasteiger partial charge is 0.275 e. The first-order valence-corrected chi connectivity index (χ1v) is 8.36. The molecule has 0 aliphatic carbocycles. The molecule has 0 amide bonds. The van der Waals surface area contributed by atoms with E-state index in [-0.39, 0.29) is 17.0 Å². The fourth-order valence-electron chi connectivity index (χ4n) is 2.65. The van der Waals surface area contributed by atoms with Gasteiger partial charge in [-0.2, -0.15) is 0 Å². The van der Waals surface area contributed by atoms with Crippen LogP contribution in [0.5, 0.6) is 5.88 Å². The Morgan fingerprint density at radius 3 is 2.67 bits per heavy atom. The maximum Gasteiger partial charge on any atom is 0.275 e. The zero-order chi connectivity index (χ0) is 16.7. The molecule has 2 aromatic carbocycles. The second-order valence-electron chi connectivity index (χ2n) is 5.37. The highest BCUT2D eigenvalue weighted by Crippen LogP contribution is 2.33. The third-order valence-electron chi connectivity index (χ3n) is 3.85. The molecule has 5 nitrogen and oxygen atoms in total. The summed E-state index contributed by atoms with van der Waals surface area (Å²) in [7, 11) is 0. The Labute approximate surface area is 151 Å². The summed E-state index contributed by atoms with van der Waals surface area (Å²) in [5.74, 6) is -0.119. The molecule has 2 N–H and O–H groups in total. The molecule has 4 rings (SSSR count). The summed E-state index contributed by atoms with van der Waals surface area (Å²) < 4.78 is 2.45. The number of hydrogen-bond donors (Lipinski definition) is 2. The number of H-pyrrole nitrogens is 1. The molecule has 1 aromatic heterocycles. The molecular formula is C18H12IN3O2. The topological polar surface area (TPSA) is 70.4 Å². The lowest BCUT2D eigenvalue weighted by Gasteiger charge is -2.04. The number of rotatable bonds is 2. The highest BCUT2D eigenvalue weighted by molar-refractivity contribution is 14.1. The van der Waals surface area contributed by atoms with Crippen molar-refractivity contribution >= 4 is 46.1 Å². The maximum atomic E-state index is 12.3. The highest BCUT2D eigenvalue weighted by Gasteiger charge is 2.17. The molecule has 0 atom stereocenters. The van der Waals surface area contributed by atoms with Crippen LogP contribution >= 0.6 is 22.6 Å². The number of aromatic amines is 1. The van der Waals surface area contributed by atoms with E-state index in [1.807, 2.05) is 48.5 Å². The van der Waals surface area contributed by atoms with Crippen molar-refractivity contribution in [3.63, 3.8) is 0 Å². The first kappa shape index (κ1) is 14.9. The molecule has 0 radical (unpaired) electrons. The quantitative estimate of drug-likeness (QED) is 0.610. The van der Waals surface area contributed by atoms with Gasteiger partial charge in [-0.05, 0) is 59.0 Å². The van der Waals surface area contributed by atoms with Gasteiger partial charge in [-0.25, -0.2) is 4.68 Å². The Bertz CT molecular complexity index is 1040. The number of para-hydroxylation sites is 1. The van der Waals surface area contributed by atoms with Crippen LogP contribution in [0.15, 0.2) is 58.3 Å². The van der Waals surface area contributed by atoms with Crippen molar-refractivity contribution in [2.75, 3.05) is 0 Å². The van der Waals surface area contributed by atoms with Crippen LogP contribution in [0.1, 0.15) is 11.1 Å². The van der Waals surface area contributed by atoms with Gasteiger partial charge in [0.1, 0.15) is 5.56 Å². The molecule has 3 aromatic rings. The van der Waals surface area contributed by atoms with E-state index in [0.717, 1.165) is 20.4 Å². The van der Waals surface area contributed by atoms with Crippen LogP contribution in [-0.4, -0.2) is 21.1 Å². The summed E-state index contributed by atoms with van der Waals surface area (Å²) in [5, 5.41) is 13.1. The molecule has 0 fully saturated rings. The fraction of sp³-hybridized carbons (Fsp3) is 0. The molecule has 0 saturated heterocycles. The van der Waals surface area contributed by atoms with E-state index in [2.05, 4.69) is 32.7 Å². The fourth-order valence-corrected chi connectivity index (χ4v) is 3.01. The molecule has 0 unspecified atom stereocenters. The summed E-state index contributed by atoms with van der Waals surface area (Å²) in [4.78, 5) is 16.6. The molecular weight excluding hydrogens is 417 g/mol. The monoisotopic (exact) mass is 429 g/mol. The Kier molecular flexibility index (Phi) is 3.61. The van der Waals surface area contributed by atoms with E-state index < -0.39 is 0 Å². The average Bonchev–Trinajstić information content (AvgIpc) is 3.12. The minimum absolute atomic E-state index is 0.119. The number of nitrogens with one attached hydrogen (secondary N) is 1. The highest BCUT2D eigenvalue weighted by atomic mass is 127. The van der Waals surface area contributed by atoms with Gasteiger partial charge in [-0.15, -0.1) is 0 Å². The lowest BCUT2D eigenvalue weighted by Crippen LogP contribution is -2.05. The third-order valence-corrected chi connectivity index (χ3v) is 4.57. The zero-order valence-corrected chi connectivity index (χ0v) is 14.6. The molecule has 0 bridgehead atoms. The van der Waals surface area contributed by atoms with Gasteiger partial charge in [0.25, 0.3) is 5.56 Å². The molecule has 0 spiro atoms. The van der Waals surface area contributed by atoms with Gasteiger partial charge in [0.15, 0.2) is 0 Å². The summed E-state index contributed by atoms with van der Waals surface area (Å²) in [5.41, 5.74) is 3.15. The van der Waals surface area contributed by atoms with E-state index in [1.54, 1.807) is 12.3 Å². The number of allylic oxidation sites excluding steroid dienone is 1. The Hall–Kier alpha value is -2.61. The maximum absolute atomic E-state index is 12.3. The van der Waals surface area contributed by atoms with E-state index in [1.165, 1.54) is 4.68 Å². The van der Waals surface area contributed by atoms with E-state index >= 15 is 0 Å². The van der Waals surface area contributed by atoms with Crippen LogP contribution in [0.25, 0.3) is 17.3 Å². The number of fused-ring (bicyclic) bond motifs is 1. The molecule has 24 heavy (non-hydrogen) atoms. The summed E-state index contributed by atoms with van der Waals surface area (Å²) >= 11 is 2.20. The van der Waals surface area contributed by atoms with Crippen molar-refractivity contribution < 1.29 is 5.11 Å². The van der Waals surface area contributed by atoms with Crippen LogP contribution in [0.4, 0.5) is 5.69 Å². The Morgan fingerprint density at radius 2 is 1.88 bits per heavy atom. The molecule has 1 aliphatic heterocycles. The van der Waals surface area contributed by atoms with Crippen molar-refractivity contribution in [3.8, 4) is 11.6 Å². The predicted octanol–water partition coefficient (Wildman–Crippen LogP) is 3.73. The second kappa shape index (κ2) is 5.79. The van der Waals surface area contributed by atoms with Gasteiger partial charge in [0.2, 0.25) is 5.88 Å². The molecule has 6 heteroatoms. The SMILES string of the molecule is O=c1[nH]n(-c2ccc(I)cc2)c(O)c1/C=C1/C=Nc2ccccc21. The molecule has 2 heterocycles. The first-order chi connectivity index (χ1) is 11.6. The zero-order valence-electron chi connectivity index (χ0n) is 12.4. The standard InChI is InChI=1S/C18H12IN3O2/c19-12-5-7-13(8-6-12)22-18(24)15(17(23)21-22)9-11-10-20-16-4-2-1-3-14(11)16/h1-10,24H,(H,21,23)/b11-9-. The number of benzene rings is 2. The van der Waals surface area contributed by atoms with Crippen molar-refractivity contribution in [2.45, 2.75) is 0 Å². The van der Waals surface area contributed by atoms with Crippen molar-refractivity contribution in [3.05, 3.63) is 73.6 Å². The number of halogens is 1. The average molecular weight is 429 g/mol. The van der Waals surface area contributed by atoms with Gasteiger partial charge >= 0.3 is 0 Å². The number of hydrogen-bond acceptors (Lipinski definition) is 3. The lowest BCUT2D eigenvalue weighted by atomic mass is 10.1.